The van der Waals surface area contributed by atoms with Crippen LogP contribution in [-0.4, -0.2) is 29.4 Å². The van der Waals surface area contributed by atoms with E-state index in [2.05, 4.69) is 4.98 Å². The molecule has 0 aliphatic heterocycles. The molecule has 1 rings (SSSR count). The molecule has 0 atom stereocenters. The van der Waals surface area contributed by atoms with Crippen LogP contribution in [0, 0.1) is 11.3 Å². The molecule has 0 aliphatic carbocycles. The highest BCUT2D eigenvalue weighted by molar-refractivity contribution is 5.93. The Bertz CT molecular complexity index is 430. The quantitative estimate of drug-likeness (QED) is 0.667. The third-order valence-corrected chi connectivity index (χ3v) is 1.68. The van der Waals surface area contributed by atoms with E-state index in [0.717, 1.165) is 0 Å². The number of carbonyl (C=O) groups excluding carboxylic acids is 1. The highest BCUT2D eigenvalue weighted by Gasteiger charge is 2.10. The number of aromatic amines is 1. The molecule has 72 valence electrons. The largest absolute Gasteiger partial charge is 0.329 e. The second-order valence-electron chi connectivity index (χ2n) is 2.76. The fraction of sp³-hybridized carbons (Fsp3) is 0.222. The van der Waals surface area contributed by atoms with Crippen LogP contribution in [0.5, 0.6) is 0 Å². The Morgan fingerprint density at radius 1 is 1.71 bits per heavy atom. The van der Waals surface area contributed by atoms with Crippen molar-refractivity contribution in [3.8, 4) is 6.07 Å². The van der Waals surface area contributed by atoms with E-state index >= 15 is 0 Å². The van der Waals surface area contributed by atoms with E-state index in [4.69, 9.17) is 5.26 Å². The summed E-state index contributed by atoms with van der Waals surface area (Å²) in [4.78, 5) is 26.0. The van der Waals surface area contributed by atoms with Crippen molar-refractivity contribution in [2.45, 2.75) is 0 Å². The van der Waals surface area contributed by atoms with Crippen LogP contribution in [0.1, 0.15) is 10.4 Å². The van der Waals surface area contributed by atoms with Crippen molar-refractivity contribution in [3.05, 3.63) is 34.2 Å². The van der Waals surface area contributed by atoms with E-state index in [1.165, 1.54) is 30.3 Å². The lowest BCUT2D eigenvalue weighted by Gasteiger charge is -2.11. The fourth-order valence-electron chi connectivity index (χ4n) is 0.976. The first-order valence-electron chi connectivity index (χ1n) is 3.96. The van der Waals surface area contributed by atoms with Gasteiger partial charge in [0.1, 0.15) is 6.54 Å². The van der Waals surface area contributed by atoms with Crippen molar-refractivity contribution in [1.29, 1.82) is 5.26 Å². The van der Waals surface area contributed by atoms with E-state index < -0.39 is 0 Å². The molecule has 0 spiro atoms. The Hall–Kier alpha value is -2.09. The number of nitrogens with zero attached hydrogens (tertiary/aromatic N) is 2. The number of hydrogen-bond donors (Lipinski definition) is 1. The molecule has 0 radical (unpaired) electrons. The molecule has 0 saturated heterocycles. The standard InChI is InChI=1S/C9H9N3O2/c1-12(5-3-10)9(14)7-2-4-11-8(13)6-7/h2,4,6H,5H2,1H3,(H,11,13). The molecule has 5 nitrogen and oxygen atoms in total. The Kier molecular flexibility index (Phi) is 3.02. The summed E-state index contributed by atoms with van der Waals surface area (Å²) in [5, 5.41) is 8.38. The highest BCUT2D eigenvalue weighted by Crippen LogP contribution is 1.98. The van der Waals surface area contributed by atoms with Crippen LogP contribution in [0.15, 0.2) is 23.1 Å². The van der Waals surface area contributed by atoms with Crippen LogP contribution in [0.2, 0.25) is 0 Å². The molecule has 1 N–H and O–H groups in total. The number of nitrogens with one attached hydrogen (secondary N) is 1. The zero-order valence-corrected chi connectivity index (χ0v) is 7.65. The van der Waals surface area contributed by atoms with Gasteiger partial charge in [-0.3, -0.25) is 9.59 Å². The first-order chi connectivity index (χ1) is 6.65. The van der Waals surface area contributed by atoms with Gasteiger partial charge >= 0.3 is 0 Å². The first-order valence-corrected chi connectivity index (χ1v) is 3.96. The molecule has 1 aromatic rings. The van der Waals surface area contributed by atoms with Crippen molar-refractivity contribution < 1.29 is 4.79 Å². The summed E-state index contributed by atoms with van der Waals surface area (Å²) in [6, 6.07) is 4.55. The molecule has 0 aromatic carbocycles. The third kappa shape index (κ3) is 2.20. The highest BCUT2D eigenvalue weighted by atomic mass is 16.2. The zero-order chi connectivity index (χ0) is 10.6. The number of amides is 1. The predicted octanol–water partition coefficient (Wildman–Crippen LogP) is -0.0295. The summed E-state index contributed by atoms with van der Waals surface area (Å²) >= 11 is 0. The van der Waals surface area contributed by atoms with Crippen LogP contribution in [0.3, 0.4) is 0 Å². The molecule has 1 amide bonds. The van der Waals surface area contributed by atoms with Gasteiger partial charge in [0, 0.05) is 24.9 Å². The van der Waals surface area contributed by atoms with Gasteiger partial charge in [-0.25, -0.2) is 0 Å². The van der Waals surface area contributed by atoms with Crippen LogP contribution in [0.4, 0.5) is 0 Å². The number of rotatable bonds is 2. The van der Waals surface area contributed by atoms with Crippen LogP contribution < -0.4 is 5.56 Å². The van der Waals surface area contributed by atoms with Gasteiger partial charge in [-0.05, 0) is 6.07 Å². The molecule has 0 bridgehead atoms. The smallest absolute Gasteiger partial charge is 0.254 e. The Morgan fingerprint density at radius 3 is 3.00 bits per heavy atom. The monoisotopic (exact) mass is 191 g/mol. The number of pyridine rings is 1. The van der Waals surface area contributed by atoms with Gasteiger partial charge < -0.3 is 9.88 Å². The average molecular weight is 191 g/mol. The number of hydrogen-bond acceptors (Lipinski definition) is 3. The van der Waals surface area contributed by atoms with Gasteiger partial charge in [0.25, 0.3) is 5.91 Å². The zero-order valence-electron chi connectivity index (χ0n) is 7.65. The number of nitriles is 1. The summed E-state index contributed by atoms with van der Waals surface area (Å²) < 4.78 is 0. The van der Waals surface area contributed by atoms with Crippen molar-refractivity contribution in [3.63, 3.8) is 0 Å². The summed E-state index contributed by atoms with van der Waals surface area (Å²) in [6.07, 6.45) is 1.40. The summed E-state index contributed by atoms with van der Waals surface area (Å²) in [5.74, 6) is -0.336. The van der Waals surface area contributed by atoms with Gasteiger partial charge in [0.15, 0.2) is 0 Å². The number of H-pyrrole nitrogens is 1. The Balaban J connectivity index is 2.91. The van der Waals surface area contributed by atoms with E-state index in [0.29, 0.717) is 0 Å². The predicted molar refractivity (Wildman–Crippen MR) is 49.6 cm³/mol. The molecule has 0 unspecified atom stereocenters. The second-order valence-corrected chi connectivity index (χ2v) is 2.76. The Morgan fingerprint density at radius 2 is 2.43 bits per heavy atom. The number of aromatic nitrogens is 1. The molecule has 1 heterocycles. The molecule has 0 saturated carbocycles. The molecule has 0 aliphatic rings. The molecule has 0 fully saturated rings. The topological polar surface area (TPSA) is 77.0 Å². The molecular weight excluding hydrogens is 182 g/mol. The van der Waals surface area contributed by atoms with Crippen molar-refractivity contribution >= 4 is 5.91 Å². The van der Waals surface area contributed by atoms with Gasteiger partial charge in [-0.1, -0.05) is 0 Å². The van der Waals surface area contributed by atoms with Gasteiger partial charge in [-0.15, -0.1) is 0 Å². The van der Waals surface area contributed by atoms with Crippen molar-refractivity contribution in [1.82, 2.24) is 9.88 Å². The van der Waals surface area contributed by atoms with Crippen molar-refractivity contribution in [2.75, 3.05) is 13.6 Å². The minimum atomic E-state index is -0.336. The van der Waals surface area contributed by atoms with Gasteiger partial charge in [0.2, 0.25) is 5.56 Å². The van der Waals surface area contributed by atoms with Gasteiger partial charge in [-0.2, -0.15) is 5.26 Å². The third-order valence-electron chi connectivity index (χ3n) is 1.68. The minimum absolute atomic E-state index is 0.00559. The lowest BCUT2D eigenvalue weighted by Crippen LogP contribution is -2.27. The SMILES string of the molecule is CN(CC#N)C(=O)c1cc[nH]c(=O)c1. The molecule has 14 heavy (non-hydrogen) atoms. The summed E-state index contributed by atoms with van der Waals surface area (Å²) in [7, 11) is 1.51. The van der Waals surface area contributed by atoms with E-state index in [-0.39, 0.29) is 23.6 Å². The lowest BCUT2D eigenvalue weighted by molar-refractivity contribution is 0.0811. The van der Waals surface area contributed by atoms with Crippen LogP contribution >= 0.6 is 0 Å². The van der Waals surface area contributed by atoms with E-state index in [1.54, 1.807) is 0 Å². The normalized spacial score (nSPS) is 9.14. The first kappa shape index (κ1) is 9.99. The maximum Gasteiger partial charge on any atom is 0.254 e. The van der Waals surface area contributed by atoms with E-state index in [9.17, 15) is 9.59 Å². The maximum atomic E-state index is 11.5. The van der Waals surface area contributed by atoms with Crippen LogP contribution in [-0.2, 0) is 0 Å². The average Bonchev–Trinajstić information content (AvgIpc) is 2.17. The summed E-state index contributed by atoms with van der Waals surface area (Å²) in [5.41, 5.74) is -0.0484. The minimum Gasteiger partial charge on any atom is -0.329 e. The molecule has 1 aromatic heterocycles. The second kappa shape index (κ2) is 4.23. The Labute approximate surface area is 80.6 Å². The lowest BCUT2D eigenvalue weighted by atomic mass is 10.2. The molecular formula is C9H9N3O2. The molecule has 5 heteroatoms. The summed E-state index contributed by atoms with van der Waals surface area (Å²) in [6.45, 7) is 0.00559. The maximum absolute atomic E-state index is 11.5. The fourth-order valence-corrected chi connectivity index (χ4v) is 0.976. The van der Waals surface area contributed by atoms with E-state index in [1.807, 2.05) is 6.07 Å². The van der Waals surface area contributed by atoms with Crippen molar-refractivity contribution in [2.24, 2.45) is 0 Å². The number of carbonyl (C=O) groups is 1. The van der Waals surface area contributed by atoms with Gasteiger partial charge in [0.05, 0.1) is 6.07 Å². The van der Waals surface area contributed by atoms with Crippen LogP contribution in [0.25, 0.3) is 0 Å².